The van der Waals surface area contributed by atoms with Crippen LogP contribution >= 0.6 is 0 Å². The summed E-state index contributed by atoms with van der Waals surface area (Å²) in [4.78, 5) is 6.05. The monoisotopic (exact) mass is 295 g/mol. The van der Waals surface area contributed by atoms with Gasteiger partial charge in [0.05, 0.1) is 17.4 Å². The fraction of sp³-hybridized carbons (Fsp3) is 0.267. The van der Waals surface area contributed by atoms with Crippen LogP contribution in [0.2, 0.25) is 0 Å². The smallest absolute Gasteiger partial charge is 0.380 e. The molecule has 2 rings (SSSR count). The maximum atomic E-state index is 12.9. The van der Waals surface area contributed by atoms with Crippen LogP contribution in [0.25, 0.3) is 0 Å². The summed E-state index contributed by atoms with van der Waals surface area (Å²) >= 11 is 0. The Balaban J connectivity index is 2.10. The summed E-state index contributed by atoms with van der Waals surface area (Å²) in [5.74, 6) is 0.788. The van der Waals surface area contributed by atoms with Gasteiger partial charge in [-0.05, 0) is 23.8 Å². The van der Waals surface area contributed by atoms with Crippen molar-refractivity contribution in [1.29, 1.82) is 0 Å². The molecule has 0 amide bonds. The second-order valence-corrected chi connectivity index (χ2v) is 4.81. The summed E-state index contributed by atoms with van der Waals surface area (Å²) in [6.07, 6.45) is -2.74. The molecule has 0 saturated carbocycles. The van der Waals surface area contributed by atoms with Crippen LogP contribution in [-0.2, 0) is 12.7 Å². The van der Waals surface area contributed by atoms with Crippen molar-refractivity contribution in [3.05, 3.63) is 53.7 Å². The highest BCUT2D eigenvalue weighted by Gasteiger charge is 2.32. The first-order valence-electron chi connectivity index (χ1n) is 6.40. The molecule has 6 heteroatoms. The predicted octanol–water partition coefficient (Wildman–Crippen LogP) is 3.78. The number of pyridine rings is 1. The second-order valence-electron chi connectivity index (χ2n) is 4.81. The quantitative estimate of drug-likeness (QED) is 0.930. The molecule has 1 heterocycles. The van der Waals surface area contributed by atoms with Gasteiger partial charge >= 0.3 is 6.18 Å². The third-order valence-electron chi connectivity index (χ3n) is 3.01. The Bertz CT molecular complexity index is 592. The standard InChI is InChI=1S/C15H16F3N3/c1-21(2)14-8-7-12(10-20-14)19-9-11-5-3-4-6-13(11)15(16,17)18/h3-8,10,19H,9H2,1-2H3. The van der Waals surface area contributed by atoms with Crippen molar-refractivity contribution < 1.29 is 13.2 Å². The summed E-state index contributed by atoms with van der Waals surface area (Å²) in [7, 11) is 3.74. The zero-order valence-corrected chi connectivity index (χ0v) is 11.8. The van der Waals surface area contributed by atoms with E-state index in [1.807, 2.05) is 19.0 Å². The van der Waals surface area contributed by atoms with Crippen molar-refractivity contribution in [3.8, 4) is 0 Å². The van der Waals surface area contributed by atoms with Crippen LogP contribution in [0.5, 0.6) is 0 Å². The minimum absolute atomic E-state index is 0.0959. The van der Waals surface area contributed by atoms with Crippen molar-refractivity contribution in [2.24, 2.45) is 0 Å². The summed E-state index contributed by atoms with van der Waals surface area (Å²) in [5.41, 5.74) is 0.273. The van der Waals surface area contributed by atoms with Crippen LogP contribution < -0.4 is 10.2 Å². The third kappa shape index (κ3) is 3.87. The lowest BCUT2D eigenvalue weighted by Gasteiger charge is -2.15. The summed E-state index contributed by atoms with van der Waals surface area (Å²) in [6.45, 7) is 0.0959. The first-order chi connectivity index (χ1) is 9.88. The maximum absolute atomic E-state index is 12.9. The fourth-order valence-electron chi connectivity index (χ4n) is 1.90. The van der Waals surface area contributed by atoms with Crippen LogP contribution in [0.1, 0.15) is 11.1 Å². The third-order valence-corrected chi connectivity index (χ3v) is 3.01. The largest absolute Gasteiger partial charge is 0.416 e. The highest BCUT2D eigenvalue weighted by Crippen LogP contribution is 2.32. The minimum Gasteiger partial charge on any atom is -0.380 e. The summed E-state index contributed by atoms with van der Waals surface area (Å²) in [5, 5.41) is 2.96. The first kappa shape index (κ1) is 15.2. The fourth-order valence-corrected chi connectivity index (χ4v) is 1.90. The van der Waals surface area contributed by atoms with Crippen molar-refractivity contribution in [3.63, 3.8) is 0 Å². The van der Waals surface area contributed by atoms with Crippen molar-refractivity contribution in [2.75, 3.05) is 24.3 Å². The van der Waals surface area contributed by atoms with E-state index in [0.717, 1.165) is 11.9 Å². The van der Waals surface area contributed by atoms with Gasteiger partial charge in [0.2, 0.25) is 0 Å². The van der Waals surface area contributed by atoms with Crippen LogP contribution in [0.15, 0.2) is 42.6 Å². The molecule has 0 aliphatic carbocycles. The van der Waals surface area contributed by atoms with Gasteiger partial charge in [0.15, 0.2) is 0 Å². The van der Waals surface area contributed by atoms with E-state index in [2.05, 4.69) is 10.3 Å². The zero-order valence-electron chi connectivity index (χ0n) is 11.8. The molecule has 112 valence electrons. The summed E-state index contributed by atoms with van der Waals surface area (Å²) in [6, 6.07) is 9.14. The molecule has 0 fully saturated rings. The minimum atomic E-state index is -4.34. The van der Waals surface area contributed by atoms with Crippen molar-refractivity contribution in [1.82, 2.24) is 4.98 Å². The Morgan fingerprint density at radius 2 is 1.81 bits per heavy atom. The molecule has 0 radical (unpaired) electrons. The molecule has 1 N–H and O–H groups in total. The van der Waals surface area contributed by atoms with Crippen LogP contribution in [-0.4, -0.2) is 19.1 Å². The topological polar surface area (TPSA) is 28.2 Å². The Labute approximate surface area is 121 Å². The Morgan fingerprint density at radius 3 is 2.38 bits per heavy atom. The maximum Gasteiger partial charge on any atom is 0.416 e. The van der Waals surface area contributed by atoms with Crippen LogP contribution in [0, 0.1) is 0 Å². The van der Waals surface area contributed by atoms with E-state index in [9.17, 15) is 13.2 Å². The number of hydrogen-bond acceptors (Lipinski definition) is 3. The number of aromatic nitrogens is 1. The average Bonchev–Trinajstić information content (AvgIpc) is 2.45. The van der Waals surface area contributed by atoms with Crippen molar-refractivity contribution >= 4 is 11.5 Å². The van der Waals surface area contributed by atoms with Gasteiger partial charge in [0, 0.05) is 20.6 Å². The normalized spacial score (nSPS) is 11.3. The lowest BCUT2D eigenvalue weighted by atomic mass is 10.1. The zero-order chi connectivity index (χ0) is 15.5. The van der Waals surface area contributed by atoms with Gasteiger partial charge in [0.25, 0.3) is 0 Å². The molecule has 0 aliphatic heterocycles. The SMILES string of the molecule is CN(C)c1ccc(NCc2ccccc2C(F)(F)F)cn1. The lowest BCUT2D eigenvalue weighted by molar-refractivity contribution is -0.138. The van der Waals surface area contributed by atoms with Gasteiger partial charge in [0.1, 0.15) is 5.82 Å². The van der Waals surface area contributed by atoms with E-state index in [4.69, 9.17) is 0 Å². The Morgan fingerprint density at radius 1 is 1.10 bits per heavy atom. The molecule has 0 bridgehead atoms. The molecular formula is C15H16F3N3. The predicted molar refractivity (Wildman–Crippen MR) is 77.3 cm³/mol. The number of anilines is 2. The molecule has 1 aromatic carbocycles. The number of alkyl halides is 3. The Hall–Kier alpha value is -2.24. The molecule has 21 heavy (non-hydrogen) atoms. The number of halogens is 3. The van der Waals surface area contributed by atoms with Gasteiger partial charge in [-0.15, -0.1) is 0 Å². The van der Waals surface area contributed by atoms with Crippen LogP contribution in [0.3, 0.4) is 0 Å². The number of hydrogen-bond donors (Lipinski definition) is 1. The molecule has 0 saturated heterocycles. The van der Waals surface area contributed by atoms with E-state index in [1.54, 1.807) is 24.4 Å². The van der Waals surface area contributed by atoms with Gasteiger partial charge in [-0.1, -0.05) is 18.2 Å². The number of nitrogens with one attached hydrogen (secondary N) is 1. The highest BCUT2D eigenvalue weighted by molar-refractivity contribution is 5.48. The molecule has 1 aromatic heterocycles. The van der Waals surface area contributed by atoms with Crippen molar-refractivity contribution in [2.45, 2.75) is 12.7 Å². The van der Waals surface area contributed by atoms with Crippen LogP contribution in [0.4, 0.5) is 24.7 Å². The molecule has 3 nitrogen and oxygen atoms in total. The van der Waals surface area contributed by atoms with E-state index in [-0.39, 0.29) is 12.1 Å². The second kappa shape index (κ2) is 6.03. The average molecular weight is 295 g/mol. The Kier molecular flexibility index (Phi) is 4.35. The first-order valence-corrected chi connectivity index (χ1v) is 6.40. The molecule has 0 unspecified atom stereocenters. The molecule has 0 spiro atoms. The van der Waals surface area contributed by atoms with Gasteiger partial charge < -0.3 is 10.2 Å². The molecular weight excluding hydrogens is 279 g/mol. The van der Waals surface area contributed by atoms with E-state index >= 15 is 0 Å². The van der Waals surface area contributed by atoms with E-state index in [0.29, 0.717) is 5.69 Å². The van der Waals surface area contributed by atoms with E-state index < -0.39 is 11.7 Å². The lowest BCUT2D eigenvalue weighted by Crippen LogP contribution is -2.12. The number of rotatable bonds is 4. The van der Waals surface area contributed by atoms with Gasteiger partial charge in [-0.25, -0.2) is 4.98 Å². The van der Waals surface area contributed by atoms with E-state index in [1.165, 1.54) is 12.1 Å². The van der Waals surface area contributed by atoms with Gasteiger partial charge in [-0.2, -0.15) is 13.2 Å². The molecule has 0 atom stereocenters. The number of nitrogens with zero attached hydrogens (tertiary/aromatic N) is 2. The number of benzene rings is 1. The highest BCUT2D eigenvalue weighted by atomic mass is 19.4. The molecule has 2 aromatic rings. The summed E-state index contributed by atoms with van der Waals surface area (Å²) < 4.78 is 38.6. The van der Waals surface area contributed by atoms with Gasteiger partial charge in [-0.3, -0.25) is 0 Å². The molecule has 0 aliphatic rings.